The van der Waals surface area contributed by atoms with Gasteiger partial charge in [0.1, 0.15) is 0 Å². The summed E-state index contributed by atoms with van der Waals surface area (Å²) in [6, 6.07) is 2.70. The van der Waals surface area contributed by atoms with Crippen LogP contribution in [0.3, 0.4) is 0 Å². The molecule has 1 aromatic heterocycles. The molecule has 0 unspecified atom stereocenters. The van der Waals surface area contributed by atoms with E-state index in [1.165, 1.54) is 0 Å². The van der Waals surface area contributed by atoms with Crippen molar-refractivity contribution in [2.24, 2.45) is 5.92 Å². The van der Waals surface area contributed by atoms with Gasteiger partial charge in [0.2, 0.25) is 0 Å². The van der Waals surface area contributed by atoms with Crippen molar-refractivity contribution >= 4 is 5.69 Å². The third-order valence-electron chi connectivity index (χ3n) is 3.36. The lowest BCUT2D eigenvalue weighted by molar-refractivity contribution is 0.365. The molecule has 0 amide bonds. The molecule has 0 aliphatic carbocycles. The number of fused-ring (bicyclic) bond motifs is 1. The fourth-order valence-corrected chi connectivity index (χ4v) is 2.48. The maximum absolute atomic E-state index is 5.36. The zero-order chi connectivity index (χ0) is 10.3. The standard InChI is InChI=1S/C12H13N3/c1-2-9-3-11(6-13-4-9)15-8-10-5-14-7-12(10)15/h1,3-4,6,10,12,14H,5,7-8H2/t10-,12-/m0/s1. The van der Waals surface area contributed by atoms with E-state index in [2.05, 4.69) is 21.1 Å². The molecule has 3 nitrogen and oxygen atoms in total. The summed E-state index contributed by atoms with van der Waals surface area (Å²) in [5, 5.41) is 3.41. The summed E-state index contributed by atoms with van der Waals surface area (Å²) in [6.07, 6.45) is 8.99. The van der Waals surface area contributed by atoms with Crippen LogP contribution in [0.15, 0.2) is 18.5 Å². The lowest BCUT2D eigenvalue weighted by Crippen LogP contribution is -2.55. The highest BCUT2D eigenvalue weighted by Crippen LogP contribution is 2.32. The molecule has 76 valence electrons. The molecular weight excluding hydrogens is 186 g/mol. The summed E-state index contributed by atoms with van der Waals surface area (Å²) in [7, 11) is 0. The topological polar surface area (TPSA) is 28.2 Å². The van der Waals surface area contributed by atoms with Crippen LogP contribution in [-0.4, -0.2) is 30.7 Å². The zero-order valence-electron chi connectivity index (χ0n) is 8.48. The van der Waals surface area contributed by atoms with Gasteiger partial charge in [-0.2, -0.15) is 0 Å². The Hall–Kier alpha value is -1.53. The van der Waals surface area contributed by atoms with Gasteiger partial charge in [-0.15, -0.1) is 6.42 Å². The summed E-state index contributed by atoms with van der Waals surface area (Å²) in [4.78, 5) is 6.56. The Morgan fingerprint density at radius 3 is 3.20 bits per heavy atom. The summed E-state index contributed by atoms with van der Waals surface area (Å²) >= 11 is 0. The number of aromatic nitrogens is 1. The van der Waals surface area contributed by atoms with E-state index in [0.29, 0.717) is 6.04 Å². The van der Waals surface area contributed by atoms with E-state index >= 15 is 0 Å². The van der Waals surface area contributed by atoms with Gasteiger partial charge in [-0.25, -0.2) is 0 Å². The normalized spacial score (nSPS) is 28.1. The van der Waals surface area contributed by atoms with Gasteiger partial charge in [0.05, 0.1) is 11.9 Å². The smallest absolute Gasteiger partial charge is 0.0568 e. The van der Waals surface area contributed by atoms with E-state index in [0.717, 1.165) is 36.8 Å². The second-order valence-electron chi connectivity index (χ2n) is 4.21. The number of nitrogens with one attached hydrogen (secondary N) is 1. The van der Waals surface area contributed by atoms with Gasteiger partial charge in [-0.1, -0.05) is 5.92 Å². The molecule has 2 saturated heterocycles. The van der Waals surface area contributed by atoms with Crippen LogP contribution in [0.5, 0.6) is 0 Å². The molecule has 3 heterocycles. The van der Waals surface area contributed by atoms with E-state index in [1.807, 2.05) is 12.3 Å². The average Bonchev–Trinajstić information content (AvgIpc) is 2.61. The average molecular weight is 199 g/mol. The molecule has 15 heavy (non-hydrogen) atoms. The van der Waals surface area contributed by atoms with Gasteiger partial charge < -0.3 is 10.2 Å². The minimum Gasteiger partial charge on any atom is -0.365 e. The van der Waals surface area contributed by atoms with Crippen molar-refractivity contribution in [3.63, 3.8) is 0 Å². The van der Waals surface area contributed by atoms with Crippen molar-refractivity contribution in [2.45, 2.75) is 6.04 Å². The number of nitrogens with zero attached hydrogens (tertiary/aromatic N) is 2. The molecule has 2 aliphatic rings. The van der Waals surface area contributed by atoms with E-state index in [4.69, 9.17) is 6.42 Å². The molecule has 3 heteroatoms. The molecular formula is C12H13N3. The highest BCUT2D eigenvalue weighted by Gasteiger charge is 2.42. The number of pyridine rings is 1. The van der Waals surface area contributed by atoms with Crippen LogP contribution in [0.1, 0.15) is 5.56 Å². The molecule has 0 saturated carbocycles. The number of hydrogen-bond donors (Lipinski definition) is 1. The second kappa shape index (κ2) is 3.25. The van der Waals surface area contributed by atoms with Crippen LogP contribution in [-0.2, 0) is 0 Å². The van der Waals surface area contributed by atoms with Crippen LogP contribution in [0, 0.1) is 18.3 Å². The first-order valence-electron chi connectivity index (χ1n) is 5.27. The van der Waals surface area contributed by atoms with Gasteiger partial charge in [0.25, 0.3) is 0 Å². The van der Waals surface area contributed by atoms with E-state index in [9.17, 15) is 0 Å². The first kappa shape index (κ1) is 8.75. The van der Waals surface area contributed by atoms with Crippen molar-refractivity contribution in [1.82, 2.24) is 10.3 Å². The lowest BCUT2D eigenvalue weighted by Gasteiger charge is -2.45. The van der Waals surface area contributed by atoms with Gasteiger partial charge in [0, 0.05) is 43.4 Å². The monoisotopic (exact) mass is 199 g/mol. The summed E-state index contributed by atoms with van der Waals surface area (Å²) in [6.45, 7) is 3.38. The number of rotatable bonds is 1. The maximum Gasteiger partial charge on any atom is 0.0568 e. The van der Waals surface area contributed by atoms with E-state index in [-0.39, 0.29) is 0 Å². The first-order valence-corrected chi connectivity index (χ1v) is 5.27. The quantitative estimate of drug-likeness (QED) is 0.666. The third-order valence-corrected chi connectivity index (χ3v) is 3.36. The van der Waals surface area contributed by atoms with Crippen molar-refractivity contribution in [2.75, 3.05) is 24.5 Å². The third kappa shape index (κ3) is 1.30. The van der Waals surface area contributed by atoms with Crippen molar-refractivity contribution in [1.29, 1.82) is 0 Å². The van der Waals surface area contributed by atoms with E-state index in [1.54, 1.807) is 6.20 Å². The fraction of sp³-hybridized carbons (Fsp3) is 0.417. The summed E-state index contributed by atoms with van der Waals surface area (Å²) < 4.78 is 0. The Bertz CT molecular complexity index is 421. The molecule has 2 fully saturated rings. The van der Waals surface area contributed by atoms with Crippen LogP contribution in [0.2, 0.25) is 0 Å². The molecule has 0 spiro atoms. The highest BCUT2D eigenvalue weighted by molar-refractivity contribution is 5.53. The second-order valence-corrected chi connectivity index (χ2v) is 4.21. The molecule has 2 aliphatic heterocycles. The fourth-order valence-electron chi connectivity index (χ4n) is 2.48. The Balaban J connectivity index is 1.85. The minimum absolute atomic E-state index is 0.653. The Morgan fingerprint density at radius 1 is 1.47 bits per heavy atom. The maximum atomic E-state index is 5.36. The van der Waals surface area contributed by atoms with E-state index < -0.39 is 0 Å². The molecule has 0 radical (unpaired) electrons. The largest absolute Gasteiger partial charge is 0.365 e. The van der Waals surface area contributed by atoms with Crippen LogP contribution in [0.25, 0.3) is 0 Å². The van der Waals surface area contributed by atoms with Crippen molar-refractivity contribution < 1.29 is 0 Å². The van der Waals surface area contributed by atoms with Gasteiger partial charge in [0.15, 0.2) is 0 Å². The lowest BCUT2D eigenvalue weighted by atomic mass is 9.91. The van der Waals surface area contributed by atoms with Crippen molar-refractivity contribution in [3.05, 3.63) is 24.0 Å². The highest BCUT2D eigenvalue weighted by atomic mass is 15.3. The number of terminal acetylenes is 1. The Morgan fingerprint density at radius 2 is 2.40 bits per heavy atom. The first-order chi connectivity index (χ1) is 7.38. The molecule has 0 aromatic carbocycles. The molecule has 1 aromatic rings. The summed E-state index contributed by atoms with van der Waals surface area (Å²) in [5.74, 6) is 3.44. The van der Waals surface area contributed by atoms with Gasteiger partial charge >= 0.3 is 0 Å². The predicted molar refractivity (Wildman–Crippen MR) is 59.7 cm³/mol. The molecule has 3 rings (SSSR count). The summed E-state index contributed by atoms with van der Waals surface area (Å²) in [5.41, 5.74) is 2.03. The predicted octanol–water partition coefficient (Wildman–Crippen LogP) is 0.471. The zero-order valence-corrected chi connectivity index (χ0v) is 8.48. The molecule has 1 N–H and O–H groups in total. The minimum atomic E-state index is 0.653. The van der Waals surface area contributed by atoms with Crippen LogP contribution in [0.4, 0.5) is 5.69 Å². The molecule has 0 bridgehead atoms. The van der Waals surface area contributed by atoms with Crippen LogP contribution < -0.4 is 10.2 Å². The number of anilines is 1. The van der Waals surface area contributed by atoms with Gasteiger partial charge in [-0.3, -0.25) is 4.98 Å². The van der Waals surface area contributed by atoms with Crippen molar-refractivity contribution in [3.8, 4) is 12.3 Å². The van der Waals surface area contributed by atoms with Crippen LogP contribution >= 0.6 is 0 Å². The number of hydrogen-bond acceptors (Lipinski definition) is 3. The Labute approximate surface area is 89.5 Å². The molecule has 2 atom stereocenters. The Kier molecular flexibility index (Phi) is 1.90. The van der Waals surface area contributed by atoms with Gasteiger partial charge in [-0.05, 0) is 6.07 Å². The SMILES string of the molecule is C#Cc1cncc(N2C[C@@H]3CNC[C@@H]32)c1.